The van der Waals surface area contributed by atoms with Crippen molar-refractivity contribution in [1.29, 1.82) is 0 Å². The molecule has 0 amide bonds. The van der Waals surface area contributed by atoms with Gasteiger partial charge in [0.25, 0.3) is 0 Å². The Bertz CT molecular complexity index is 208. The lowest BCUT2D eigenvalue weighted by atomic mass is 9.96. The first-order chi connectivity index (χ1) is 5.33. The SMILES string of the molecule is C[C@@H]1OCC=C[C@]12C=CCO2. The van der Waals surface area contributed by atoms with Crippen molar-refractivity contribution in [3.05, 3.63) is 24.3 Å². The molecule has 2 aliphatic rings. The van der Waals surface area contributed by atoms with Gasteiger partial charge < -0.3 is 9.47 Å². The van der Waals surface area contributed by atoms with Crippen LogP contribution < -0.4 is 0 Å². The monoisotopic (exact) mass is 152 g/mol. The van der Waals surface area contributed by atoms with Gasteiger partial charge in [0.1, 0.15) is 5.60 Å². The summed E-state index contributed by atoms with van der Waals surface area (Å²) in [7, 11) is 0. The Morgan fingerprint density at radius 2 is 2.00 bits per heavy atom. The van der Waals surface area contributed by atoms with E-state index in [9.17, 15) is 0 Å². The fraction of sp³-hybridized carbons (Fsp3) is 0.556. The van der Waals surface area contributed by atoms with E-state index in [0.717, 1.165) is 0 Å². The van der Waals surface area contributed by atoms with Crippen LogP contribution in [-0.4, -0.2) is 24.9 Å². The van der Waals surface area contributed by atoms with Gasteiger partial charge in [0.2, 0.25) is 0 Å². The van der Waals surface area contributed by atoms with E-state index in [0.29, 0.717) is 13.2 Å². The van der Waals surface area contributed by atoms with Crippen molar-refractivity contribution in [1.82, 2.24) is 0 Å². The third kappa shape index (κ3) is 1.03. The van der Waals surface area contributed by atoms with Gasteiger partial charge >= 0.3 is 0 Å². The normalized spacial score (nSPS) is 42.1. The Kier molecular flexibility index (Phi) is 1.59. The second-order valence-corrected chi connectivity index (χ2v) is 2.94. The molecule has 0 saturated heterocycles. The second kappa shape index (κ2) is 2.47. The van der Waals surface area contributed by atoms with Crippen molar-refractivity contribution in [2.75, 3.05) is 13.2 Å². The fourth-order valence-electron chi connectivity index (χ4n) is 1.53. The molecule has 2 atom stereocenters. The zero-order chi connectivity index (χ0) is 7.73. The van der Waals surface area contributed by atoms with E-state index in [1.807, 2.05) is 19.1 Å². The van der Waals surface area contributed by atoms with E-state index in [-0.39, 0.29) is 11.7 Å². The van der Waals surface area contributed by atoms with Crippen LogP contribution in [0.5, 0.6) is 0 Å². The molecular weight excluding hydrogens is 140 g/mol. The van der Waals surface area contributed by atoms with E-state index in [2.05, 4.69) is 12.2 Å². The maximum absolute atomic E-state index is 5.57. The summed E-state index contributed by atoms with van der Waals surface area (Å²) in [6.07, 6.45) is 8.36. The molecule has 0 fully saturated rings. The molecule has 0 aromatic carbocycles. The van der Waals surface area contributed by atoms with E-state index in [4.69, 9.17) is 9.47 Å². The van der Waals surface area contributed by atoms with Crippen molar-refractivity contribution >= 4 is 0 Å². The minimum absolute atomic E-state index is 0.145. The summed E-state index contributed by atoms with van der Waals surface area (Å²) in [6.45, 7) is 3.46. The molecule has 1 spiro atoms. The largest absolute Gasteiger partial charge is 0.371 e. The highest BCUT2D eigenvalue weighted by Gasteiger charge is 2.36. The van der Waals surface area contributed by atoms with Gasteiger partial charge in [0.05, 0.1) is 19.3 Å². The summed E-state index contributed by atoms with van der Waals surface area (Å²) in [4.78, 5) is 0. The van der Waals surface area contributed by atoms with Crippen LogP contribution in [0.4, 0.5) is 0 Å². The van der Waals surface area contributed by atoms with Crippen molar-refractivity contribution in [2.24, 2.45) is 0 Å². The van der Waals surface area contributed by atoms with Gasteiger partial charge in [-0.15, -0.1) is 0 Å². The molecule has 2 heteroatoms. The second-order valence-electron chi connectivity index (χ2n) is 2.94. The molecule has 0 N–H and O–H groups in total. The highest BCUT2D eigenvalue weighted by Crippen LogP contribution is 2.29. The van der Waals surface area contributed by atoms with Crippen molar-refractivity contribution < 1.29 is 9.47 Å². The molecule has 2 nitrogen and oxygen atoms in total. The molecule has 0 aliphatic carbocycles. The van der Waals surface area contributed by atoms with Crippen LogP contribution in [0.2, 0.25) is 0 Å². The Labute approximate surface area is 66.5 Å². The van der Waals surface area contributed by atoms with Crippen molar-refractivity contribution in [2.45, 2.75) is 18.6 Å². The van der Waals surface area contributed by atoms with Gasteiger partial charge in [-0.2, -0.15) is 0 Å². The Hall–Kier alpha value is -0.600. The molecule has 0 bridgehead atoms. The maximum Gasteiger partial charge on any atom is 0.131 e. The maximum atomic E-state index is 5.57. The molecule has 0 aromatic rings. The van der Waals surface area contributed by atoms with E-state index < -0.39 is 0 Å². The molecule has 11 heavy (non-hydrogen) atoms. The van der Waals surface area contributed by atoms with Crippen LogP contribution in [0, 0.1) is 0 Å². The van der Waals surface area contributed by atoms with Crippen molar-refractivity contribution in [3.8, 4) is 0 Å². The first-order valence-corrected chi connectivity index (χ1v) is 3.94. The lowest BCUT2D eigenvalue weighted by molar-refractivity contribution is -0.0702. The lowest BCUT2D eigenvalue weighted by Crippen LogP contribution is -2.41. The predicted octanol–water partition coefficient (Wildman–Crippen LogP) is 1.29. The number of hydrogen-bond acceptors (Lipinski definition) is 2. The van der Waals surface area contributed by atoms with Gasteiger partial charge in [-0.3, -0.25) is 0 Å². The standard InChI is InChI=1S/C9H12O2/c1-8-9(4-2-6-10-8)5-3-7-11-9/h2-5,8H,6-7H2,1H3/t8-,9-/m0/s1. The van der Waals surface area contributed by atoms with Gasteiger partial charge in [-0.05, 0) is 19.1 Å². The molecule has 0 unspecified atom stereocenters. The number of hydrogen-bond donors (Lipinski definition) is 0. The fourth-order valence-corrected chi connectivity index (χ4v) is 1.53. The summed E-state index contributed by atoms with van der Waals surface area (Å²) in [5.41, 5.74) is -0.252. The first-order valence-electron chi connectivity index (χ1n) is 3.94. The van der Waals surface area contributed by atoms with Gasteiger partial charge in [-0.1, -0.05) is 12.2 Å². The summed E-state index contributed by atoms with van der Waals surface area (Å²) in [6, 6.07) is 0. The smallest absolute Gasteiger partial charge is 0.131 e. The van der Waals surface area contributed by atoms with Gasteiger partial charge in [-0.25, -0.2) is 0 Å². The minimum atomic E-state index is -0.252. The number of ether oxygens (including phenoxy) is 2. The highest BCUT2D eigenvalue weighted by atomic mass is 16.6. The van der Waals surface area contributed by atoms with E-state index >= 15 is 0 Å². The van der Waals surface area contributed by atoms with Gasteiger partial charge in [0, 0.05) is 0 Å². The van der Waals surface area contributed by atoms with Gasteiger partial charge in [0.15, 0.2) is 0 Å². The highest BCUT2D eigenvalue weighted by molar-refractivity contribution is 5.23. The topological polar surface area (TPSA) is 18.5 Å². The summed E-state index contributed by atoms with van der Waals surface area (Å²) in [5.74, 6) is 0. The average Bonchev–Trinajstić information content (AvgIpc) is 2.46. The first kappa shape index (κ1) is 7.07. The molecule has 0 aromatic heterocycles. The average molecular weight is 152 g/mol. The Morgan fingerprint density at radius 3 is 2.64 bits per heavy atom. The summed E-state index contributed by atoms with van der Waals surface area (Å²) in [5, 5.41) is 0. The third-order valence-corrected chi connectivity index (χ3v) is 2.26. The Balaban J connectivity index is 2.27. The molecule has 2 aliphatic heterocycles. The van der Waals surface area contributed by atoms with Crippen LogP contribution in [0.1, 0.15) is 6.92 Å². The predicted molar refractivity (Wildman–Crippen MR) is 42.4 cm³/mol. The molecule has 0 radical (unpaired) electrons. The van der Waals surface area contributed by atoms with Crippen LogP contribution in [0.15, 0.2) is 24.3 Å². The third-order valence-electron chi connectivity index (χ3n) is 2.26. The molecule has 60 valence electrons. The summed E-state index contributed by atoms with van der Waals surface area (Å²) < 4.78 is 11.0. The van der Waals surface area contributed by atoms with Crippen LogP contribution >= 0.6 is 0 Å². The zero-order valence-corrected chi connectivity index (χ0v) is 6.62. The van der Waals surface area contributed by atoms with Crippen LogP contribution in [0.25, 0.3) is 0 Å². The summed E-state index contributed by atoms with van der Waals surface area (Å²) >= 11 is 0. The Morgan fingerprint density at radius 1 is 1.27 bits per heavy atom. The molecule has 2 rings (SSSR count). The van der Waals surface area contributed by atoms with Crippen LogP contribution in [0.3, 0.4) is 0 Å². The quantitative estimate of drug-likeness (QED) is 0.487. The van der Waals surface area contributed by atoms with Crippen molar-refractivity contribution in [3.63, 3.8) is 0 Å². The van der Waals surface area contributed by atoms with E-state index in [1.54, 1.807) is 0 Å². The van der Waals surface area contributed by atoms with Crippen LogP contribution in [-0.2, 0) is 9.47 Å². The van der Waals surface area contributed by atoms with E-state index in [1.165, 1.54) is 0 Å². The minimum Gasteiger partial charge on any atom is -0.371 e. The molecular formula is C9H12O2. The molecule has 0 saturated carbocycles. The zero-order valence-electron chi connectivity index (χ0n) is 6.62. The molecule has 2 heterocycles. The number of rotatable bonds is 0. The lowest BCUT2D eigenvalue weighted by Gasteiger charge is -2.33.